The van der Waals surface area contributed by atoms with Crippen molar-refractivity contribution in [2.45, 2.75) is 32.2 Å². The fourth-order valence-corrected chi connectivity index (χ4v) is 2.63. The number of benzene rings is 1. The van der Waals surface area contributed by atoms with Gasteiger partial charge in [0.1, 0.15) is 5.82 Å². The zero-order chi connectivity index (χ0) is 11.9. The largest absolute Gasteiger partial charge is 0.321 e. The van der Waals surface area contributed by atoms with Crippen molar-refractivity contribution < 1.29 is 4.39 Å². The highest BCUT2D eigenvalue weighted by molar-refractivity contribution is 6.30. The molecule has 88 valence electrons. The first kappa shape index (κ1) is 11.9. The molecule has 1 aliphatic carbocycles. The molecule has 1 nitrogen and oxygen atoms in total. The van der Waals surface area contributed by atoms with Gasteiger partial charge in [-0.15, -0.1) is 0 Å². The van der Waals surface area contributed by atoms with Gasteiger partial charge < -0.3 is 5.73 Å². The number of hydrogen-bond donors (Lipinski definition) is 1. The Morgan fingerprint density at radius 2 is 2.06 bits per heavy atom. The van der Waals surface area contributed by atoms with E-state index in [0.717, 1.165) is 12.8 Å². The molecular formula is C13H17ClFN. The van der Waals surface area contributed by atoms with E-state index in [4.69, 9.17) is 17.3 Å². The SMILES string of the molecule is CC(C)C1CC(N)(c2cccc(Cl)c2F)C1. The third-order valence-corrected chi connectivity index (χ3v) is 3.98. The molecule has 16 heavy (non-hydrogen) atoms. The molecule has 1 aliphatic rings. The van der Waals surface area contributed by atoms with Gasteiger partial charge >= 0.3 is 0 Å². The third kappa shape index (κ3) is 1.85. The number of hydrogen-bond acceptors (Lipinski definition) is 1. The molecule has 0 bridgehead atoms. The van der Waals surface area contributed by atoms with E-state index >= 15 is 0 Å². The molecule has 1 aromatic rings. The van der Waals surface area contributed by atoms with Crippen LogP contribution in [-0.2, 0) is 5.54 Å². The third-order valence-electron chi connectivity index (χ3n) is 3.68. The van der Waals surface area contributed by atoms with Crippen molar-refractivity contribution in [3.63, 3.8) is 0 Å². The Labute approximate surface area is 101 Å². The van der Waals surface area contributed by atoms with E-state index in [1.807, 2.05) is 0 Å². The Morgan fingerprint density at radius 1 is 1.44 bits per heavy atom. The molecule has 3 heteroatoms. The van der Waals surface area contributed by atoms with Crippen molar-refractivity contribution in [2.24, 2.45) is 17.6 Å². The summed E-state index contributed by atoms with van der Waals surface area (Å²) >= 11 is 5.77. The van der Waals surface area contributed by atoms with E-state index in [9.17, 15) is 4.39 Å². The first-order valence-corrected chi connectivity index (χ1v) is 6.05. The molecule has 0 heterocycles. The molecule has 0 unspecified atom stereocenters. The highest BCUT2D eigenvalue weighted by Gasteiger charge is 2.44. The second kappa shape index (κ2) is 4.01. The van der Waals surface area contributed by atoms with Crippen molar-refractivity contribution in [3.05, 3.63) is 34.6 Å². The fraction of sp³-hybridized carbons (Fsp3) is 0.538. The first-order chi connectivity index (χ1) is 7.44. The summed E-state index contributed by atoms with van der Waals surface area (Å²) in [5.41, 5.74) is 6.28. The predicted molar refractivity (Wildman–Crippen MR) is 64.8 cm³/mol. The molecule has 0 atom stereocenters. The quantitative estimate of drug-likeness (QED) is 0.840. The average molecular weight is 242 g/mol. The highest BCUT2D eigenvalue weighted by Crippen LogP contribution is 2.48. The molecule has 0 amide bonds. The minimum atomic E-state index is -0.510. The van der Waals surface area contributed by atoms with Crippen LogP contribution in [0.5, 0.6) is 0 Å². The zero-order valence-electron chi connectivity index (χ0n) is 9.63. The summed E-state index contributed by atoms with van der Waals surface area (Å²) in [7, 11) is 0. The Bertz CT molecular complexity index is 397. The topological polar surface area (TPSA) is 26.0 Å². The van der Waals surface area contributed by atoms with Gasteiger partial charge in [0.15, 0.2) is 0 Å². The summed E-state index contributed by atoms with van der Waals surface area (Å²) in [6.45, 7) is 4.36. The van der Waals surface area contributed by atoms with Gasteiger partial charge in [0.05, 0.1) is 5.02 Å². The van der Waals surface area contributed by atoms with Crippen molar-refractivity contribution in [2.75, 3.05) is 0 Å². The summed E-state index contributed by atoms with van der Waals surface area (Å²) in [4.78, 5) is 0. The van der Waals surface area contributed by atoms with E-state index in [-0.39, 0.29) is 10.8 Å². The lowest BCUT2D eigenvalue weighted by Crippen LogP contribution is -2.51. The van der Waals surface area contributed by atoms with Gasteiger partial charge in [-0.05, 0) is 30.7 Å². The Morgan fingerprint density at radius 3 is 2.62 bits per heavy atom. The van der Waals surface area contributed by atoms with Crippen LogP contribution >= 0.6 is 11.6 Å². The molecule has 1 aromatic carbocycles. The monoisotopic (exact) mass is 241 g/mol. The minimum Gasteiger partial charge on any atom is -0.321 e. The van der Waals surface area contributed by atoms with E-state index < -0.39 is 5.54 Å². The smallest absolute Gasteiger partial charge is 0.146 e. The van der Waals surface area contributed by atoms with Gasteiger partial charge in [-0.3, -0.25) is 0 Å². The number of halogens is 2. The van der Waals surface area contributed by atoms with Gasteiger partial charge in [0, 0.05) is 11.1 Å². The molecule has 2 N–H and O–H groups in total. The fourth-order valence-electron chi connectivity index (χ4n) is 2.46. The summed E-state index contributed by atoms with van der Waals surface area (Å²) < 4.78 is 13.8. The minimum absolute atomic E-state index is 0.162. The normalized spacial score (nSPS) is 29.2. The van der Waals surface area contributed by atoms with Gasteiger partial charge in [-0.1, -0.05) is 37.6 Å². The van der Waals surface area contributed by atoms with Gasteiger partial charge in [-0.25, -0.2) is 4.39 Å². The van der Waals surface area contributed by atoms with Crippen molar-refractivity contribution in [1.29, 1.82) is 0 Å². The van der Waals surface area contributed by atoms with Crippen LogP contribution in [0, 0.1) is 17.7 Å². The van der Waals surface area contributed by atoms with Crippen LogP contribution in [0.15, 0.2) is 18.2 Å². The van der Waals surface area contributed by atoms with Gasteiger partial charge in [0.2, 0.25) is 0 Å². The molecular weight excluding hydrogens is 225 g/mol. The maximum Gasteiger partial charge on any atom is 0.146 e. The Kier molecular flexibility index (Phi) is 2.97. The van der Waals surface area contributed by atoms with E-state index in [1.165, 1.54) is 0 Å². The lowest BCUT2D eigenvalue weighted by atomic mass is 9.62. The van der Waals surface area contributed by atoms with Crippen LogP contribution in [0.1, 0.15) is 32.3 Å². The van der Waals surface area contributed by atoms with Crippen LogP contribution in [0.25, 0.3) is 0 Å². The Hall–Kier alpha value is -0.600. The number of nitrogens with two attached hydrogens (primary N) is 1. The van der Waals surface area contributed by atoms with Crippen LogP contribution in [0.2, 0.25) is 5.02 Å². The van der Waals surface area contributed by atoms with Gasteiger partial charge in [0.25, 0.3) is 0 Å². The molecule has 0 saturated heterocycles. The number of rotatable bonds is 2. The first-order valence-electron chi connectivity index (χ1n) is 5.67. The predicted octanol–water partition coefficient (Wildman–Crippen LogP) is 3.70. The van der Waals surface area contributed by atoms with Crippen LogP contribution in [-0.4, -0.2) is 0 Å². The maximum atomic E-state index is 13.8. The van der Waals surface area contributed by atoms with Crippen molar-refractivity contribution in [3.8, 4) is 0 Å². The second-order valence-corrected chi connectivity index (χ2v) is 5.58. The molecule has 1 saturated carbocycles. The highest BCUT2D eigenvalue weighted by atomic mass is 35.5. The Balaban J connectivity index is 2.23. The molecule has 0 radical (unpaired) electrons. The molecule has 0 aliphatic heterocycles. The summed E-state index contributed by atoms with van der Waals surface area (Å²) in [5, 5.41) is 0.162. The zero-order valence-corrected chi connectivity index (χ0v) is 10.4. The molecule has 1 fully saturated rings. The lowest BCUT2D eigenvalue weighted by molar-refractivity contribution is 0.101. The van der Waals surface area contributed by atoms with Crippen LogP contribution < -0.4 is 5.73 Å². The van der Waals surface area contributed by atoms with E-state index in [0.29, 0.717) is 17.4 Å². The lowest BCUT2D eigenvalue weighted by Gasteiger charge is -2.47. The van der Waals surface area contributed by atoms with Crippen molar-refractivity contribution >= 4 is 11.6 Å². The maximum absolute atomic E-state index is 13.8. The van der Waals surface area contributed by atoms with Gasteiger partial charge in [-0.2, -0.15) is 0 Å². The molecule has 0 spiro atoms. The van der Waals surface area contributed by atoms with Crippen LogP contribution in [0.4, 0.5) is 4.39 Å². The second-order valence-electron chi connectivity index (χ2n) is 5.17. The van der Waals surface area contributed by atoms with E-state index in [1.54, 1.807) is 18.2 Å². The standard InChI is InChI=1S/C13H17ClFN/c1-8(2)9-6-13(16,7-9)10-4-3-5-11(14)12(10)15/h3-5,8-9H,6-7,16H2,1-2H3. The van der Waals surface area contributed by atoms with Crippen LogP contribution in [0.3, 0.4) is 0 Å². The summed E-state index contributed by atoms with van der Waals surface area (Å²) in [6, 6.07) is 5.07. The molecule has 2 rings (SSSR count). The summed E-state index contributed by atoms with van der Waals surface area (Å²) in [5.74, 6) is 0.858. The average Bonchev–Trinajstić information content (AvgIpc) is 2.17. The molecule has 0 aromatic heterocycles. The summed E-state index contributed by atoms with van der Waals surface area (Å²) in [6.07, 6.45) is 1.70. The van der Waals surface area contributed by atoms with Crippen molar-refractivity contribution in [1.82, 2.24) is 0 Å². The van der Waals surface area contributed by atoms with E-state index in [2.05, 4.69) is 13.8 Å².